The number of fused-ring (bicyclic) bond motifs is 1. The molecule has 0 spiro atoms. The quantitative estimate of drug-likeness (QED) is 0.241. The molecule has 1 heterocycles. The third-order valence-electron chi connectivity index (χ3n) is 5.78. The van der Waals surface area contributed by atoms with Crippen LogP contribution in [0.5, 0.6) is 40.2 Å². The molecule has 3 aromatic carbocycles. The maximum absolute atomic E-state index is 13.1. The van der Waals surface area contributed by atoms with Crippen LogP contribution in [-0.4, -0.2) is 47.3 Å². The Morgan fingerprint density at radius 3 is 2.05 bits per heavy atom. The van der Waals surface area contributed by atoms with Crippen molar-refractivity contribution in [3.63, 3.8) is 0 Å². The van der Waals surface area contributed by atoms with E-state index in [1.807, 2.05) is 0 Å². The Bertz CT molecular complexity index is 1380. The maximum Gasteiger partial charge on any atom is 0.343 e. The first kappa shape index (κ1) is 25.4. The predicted molar refractivity (Wildman–Crippen MR) is 135 cm³/mol. The van der Waals surface area contributed by atoms with Crippen LogP contribution < -0.4 is 33.2 Å². The summed E-state index contributed by atoms with van der Waals surface area (Å²) in [7, 11) is 7.47. The largest absolute Gasteiger partial charge is 0.497 e. The standard InChI is InChI=1S/C28H26O9/c1-15-9-19(36-28(30)17-12-23(33-4)27(35-6)24(13-17)34-5)14-21-25(15)26(29)22(37-21)11-16-10-18(31-2)7-8-20(16)32-3/h7-14H,1-6H3/b22-11-. The van der Waals surface area contributed by atoms with E-state index in [0.717, 1.165) is 0 Å². The van der Waals surface area contributed by atoms with E-state index in [9.17, 15) is 9.59 Å². The molecule has 1 aliphatic rings. The first-order chi connectivity index (χ1) is 17.8. The molecule has 0 aliphatic carbocycles. The minimum Gasteiger partial charge on any atom is -0.497 e. The number of rotatable bonds is 8. The molecule has 0 fully saturated rings. The number of methoxy groups -OCH3 is 5. The number of carbonyl (C=O) groups excluding carboxylic acids is 2. The van der Waals surface area contributed by atoms with E-state index in [1.54, 1.807) is 44.4 Å². The van der Waals surface area contributed by atoms with Gasteiger partial charge in [0.05, 0.1) is 46.7 Å². The lowest BCUT2D eigenvalue weighted by atomic mass is 10.0. The number of esters is 1. The Morgan fingerprint density at radius 2 is 1.46 bits per heavy atom. The average molecular weight is 507 g/mol. The first-order valence-corrected chi connectivity index (χ1v) is 11.2. The highest BCUT2D eigenvalue weighted by Gasteiger charge is 2.31. The summed E-state index contributed by atoms with van der Waals surface area (Å²) < 4.78 is 38.1. The van der Waals surface area contributed by atoms with Crippen LogP contribution in [0.15, 0.2) is 48.2 Å². The van der Waals surface area contributed by atoms with Gasteiger partial charge in [-0.05, 0) is 55.0 Å². The lowest BCUT2D eigenvalue weighted by molar-refractivity contribution is 0.0733. The Kier molecular flexibility index (Phi) is 7.24. The van der Waals surface area contributed by atoms with E-state index in [2.05, 4.69) is 0 Å². The number of aryl methyl sites for hydroxylation is 1. The molecular weight excluding hydrogens is 480 g/mol. The fourth-order valence-electron chi connectivity index (χ4n) is 3.99. The third kappa shape index (κ3) is 4.88. The molecule has 0 N–H and O–H groups in total. The van der Waals surface area contributed by atoms with Crippen molar-refractivity contribution in [1.29, 1.82) is 0 Å². The summed E-state index contributed by atoms with van der Waals surface area (Å²) in [6.45, 7) is 1.74. The molecule has 4 rings (SSSR count). The van der Waals surface area contributed by atoms with Crippen LogP contribution in [0.1, 0.15) is 31.8 Å². The van der Waals surface area contributed by atoms with Gasteiger partial charge in [0.2, 0.25) is 11.5 Å². The van der Waals surface area contributed by atoms with Crippen molar-refractivity contribution in [3.05, 3.63) is 70.5 Å². The van der Waals surface area contributed by atoms with Crippen molar-refractivity contribution in [2.45, 2.75) is 6.92 Å². The van der Waals surface area contributed by atoms with Crippen molar-refractivity contribution >= 4 is 17.8 Å². The number of allylic oxidation sites excluding steroid dienone is 1. The zero-order valence-electron chi connectivity index (χ0n) is 21.3. The second-order valence-electron chi connectivity index (χ2n) is 7.96. The zero-order valence-corrected chi connectivity index (χ0v) is 21.3. The van der Waals surface area contributed by atoms with Gasteiger partial charge in [-0.2, -0.15) is 0 Å². The molecule has 37 heavy (non-hydrogen) atoms. The van der Waals surface area contributed by atoms with Gasteiger partial charge in [0.1, 0.15) is 23.0 Å². The SMILES string of the molecule is COc1ccc(OC)c(/C=C2\Oc3cc(OC(=O)c4cc(OC)c(OC)c(OC)c4)cc(C)c3C2=O)c1. The molecule has 0 unspecified atom stereocenters. The molecule has 0 saturated carbocycles. The fourth-order valence-corrected chi connectivity index (χ4v) is 3.99. The van der Waals surface area contributed by atoms with E-state index in [-0.39, 0.29) is 28.6 Å². The molecule has 0 saturated heterocycles. The molecule has 0 atom stereocenters. The molecule has 0 radical (unpaired) electrons. The number of carbonyl (C=O) groups is 2. The van der Waals surface area contributed by atoms with Gasteiger partial charge in [-0.1, -0.05) is 0 Å². The van der Waals surface area contributed by atoms with Crippen molar-refractivity contribution in [2.75, 3.05) is 35.5 Å². The average Bonchev–Trinajstić information content (AvgIpc) is 3.22. The molecule has 9 nitrogen and oxygen atoms in total. The number of hydrogen-bond acceptors (Lipinski definition) is 9. The van der Waals surface area contributed by atoms with Crippen LogP contribution in [0.2, 0.25) is 0 Å². The lowest BCUT2D eigenvalue weighted by Crippen LogP contribution is -2.10. The Morgan fingerprint density at radius 1 is 0.784 bits per heavy atom. The first-order valence-electron chi connectivity index (χ1n) is 11.2. The summed E-state index contributed by atoms with van der Waals surface area (Å²) in [6, 6.07) is 11.3. The number of ketones is 1. The third-order valence-corrected chi connectivity index (χ3v) is 5.78. The molecule has 9 heteroatoms. The van der Waals surface area contributed by atoms with Gasteiger partial charge in [-0.25, -0.2) is 4.79 Å². The van der Waals surface area contributed by atoms with Crippen LogP contribution in [0.3, 0.4) is 0 Å². The Labute approximate surface area is 214 Å². The molecule has 192 valence electrons. The summed E-state index contributed by atoms with van der Waals surface area (Å²) in [4.78, 5) is 26.1. The molecule has 0 aromatic heterocycles. The van der Waals surface area contributed by atoms with Crippen molar-refractivity contribution in [3.8, 4) is 40.2 Å². The number of hydrogen-bond donors (Lipinski definition) is 0. The number of benzene rings is 3. The topological polar surface area (TPSA) is 98.8 Å². The summed E-state index contributed by atoms with van der Waals surface area (Å²) in [6.07, 6.45) is 1.59. The van der Waals surface area contributed by atoms with Gasteiger partial charge in [-0.15, -0.1) is 0 Å². The Balaban J connectivity index is 1.63. The minimum atomic E-state index is -0.653. The van der Waals surface area contributed by atoms with E-state index >= 15 is 0 Å². The highest BCUT2D eigenvalue weighted by molar-refractivity contribution is 6.15. The summed E-state index contributed by atoms with van der Waals surface area (Å²) >= 11 is 0. The molecule has 1 aliphatic heterocycles. The van der Waals surface area contributed by atoms with Crippen molar-refractivity contribution in [1.82, 2.24) is 0 Å². The maximum atomic E-state index is 13.1. The lowest BCUT2D eigenvalue weighted by Gasteiger charge is -2.14. The predicted octanol–water partition coefficient (Wildman–Crippen LogP) is 4.87. The van der Waals surface area contributed by atoms with E-state index in [1.165, 1.54) is 46.6 Å². The van der Waals surface area contributed by atoms with Crippen molar-refractivity contribution < 1.29 is 42.7 Å². The van der Waals surface area contributed by atoms with Gasteiger partial charge in [0.25, 0.3) is 0 Å². The second kappa shape index (κ2) is 10.5. The number of Topliss-reactive ketones (excluding diaryl/α,β-unsaturated/α-hetero) is 1. The zero-order chi connectivity index (χ0) is 26.7. The van der Waals surface area contributed by atoms with Crippen molar-refractivity contribution in [2.24, 2.45) is 0 Å². The van der Waals surface area contributed by atoms with Crippen LogP contribution in [0, 0.1) is 6.92 Å². The van der Waals surface area contributed by atoms with E-state index in [4.69, 9.17) is 33.2 Å². The highest BCUT2D eigenvalue weighted by atomic mass is 16.5. The number of ether oxygens (including phenoxy) is 7. The van der Waals surface area contributed by atoms with Gasteiger partial charge in [0.15, 0.2) is 17.3 Å². The van der Waals surface area contributed by atoms with E-state index < -0.39 is 5.97 Å². The van der Waals surface area contributed by atoms with Crippen LogP contribution in [-0.2, 0) is 0 Å². The molecular formula is C28H26O9. The molecule has 0 bridgehead atoms. The van der Waals surface area contributed by atoms with Gasteiger partial charge in [0, 0.05) is 11.6 Å². The normalized spacial score (nSPS) is 13.0. The second-order valence-corrected chi connectivity index (χ2v) is 7.96. The molecule has 3 aromatic rings. The van der Waals surface area contributed by atoms with Gasteiger partial charge in [-0.3, -0.25) is 4.79 Å². The van der Waals surface area contributed by atoms with Crippen LogP contribution >= 0.6 is 0 Å². The fraction of sp³-hybridized carbons (Fsp3) is 0.214. The highest BCUT2D eigenvalue weighted by Crippen LogP contribution is 2.40. The smallest absolute Gasteiger partial charge is 0.343 e. The van der Waals surface area contributed by atoms with Gasteiger partial charge >= 0.3 is 5.97 Å². The van der Waals surface area contributed by atoms with Gasteiger partial charge < -0.3 is 33.2 Å². The Hall–Kier alpha value is -4.66. The minimum absolute atomic E-state index is 0.109. The molecule has 0 amide bonds. The van der Waals surface area contributed by atoms with E-state index in [0.29, 0.717) is 45.4 Å². The summed E-state index contributed by atoms with van der Waals surface area (Å²) in [5, 5.41) is 0. The van der Waals surface area contributed by atoms with Crippen LogP contribution in [0.25, 0.3) is 6.08 Å². The monoisotopic (exact) mass is 506 g/mol. The van der Waals surface area contributed by atoms with Crippen LogP contribution in [0.4, 0.5) is 0 Å². The summed E-state index contributed by atoms with van der Waals surface area (Å²) in [5.74, 6) is 1.80. The summed E-state index contributed by atoms with van der Waals surface area (Å²) in [5.41, 5.74) is 1.79.